The lowest BCUT2D eigenvalue weighted by Crippen LogP contribution is -2.04. The molecule has 2 aromatic rings. The number of aromatic nitrogens is 4. The Balaban J connectivity index is 2.15. The van der Waals surface area contributed by atoms with E-state index in [-0.39, 0.29) is 0 Å². The van der Waals surface area contributed by atoms with Crippen LogP contribution in [-0.4, -0.2) is 19.1 Å². The van der Waals surface area contributed by atoms with Crippen molar-refractivity contribution in [1.82, 2.24) is 19.1 Å². The van der Waals surface area contributed by atoms with Crippen LogP contribution in [0.1, 0.15) is 11.5 Å². The van der Waals surface area contributed by atoms with E-state index >= 15 is 0 Å². The molecule has 0 aromatic carbocycles. The first kappa shape index (κ1) is 8.96. The summed E-state index contributed by atoms with van der Waals surface area (Å²) in [4.78, 5) is 8.38. The number of rotatable bonds is 3. The van der Waals surface area contributed by atoms with E-state index in [1.807, 2.05) is 28.6 Å². The highest BCUT2D eigenvalue weighted by molar-refractivity contribution is 4.99. The van der Waals surface area contributed by atoms with E-state index in [1.165, 1.54) is 0 Å². The summed E-state index contributed by atoms with van der Waals surface area (Å²) >= 11 is 0. The Morgan fingerprint density at radius 1 is 1.43 bits per heavy atom. The van der Waals surface area contributed by atoms with Gasteiger partial charge in [0.25, 0.3) is 0 Å². The molecule has 0 aliphatic carbocycles. The van der Waals surface area contributed by atoms with Gasteiger partial charge in [0, 0.05) is 32.2 Å². The number of nitrogens with two attached hydrogens (primary N) is 1. The van der Waals surface area contributed by atoms with E-state index < -0.39 is 0 Å². The molecule has 5 nitrogen and oxygen atoms in total. The van der Waals surface area contributed by atoms with E-state index in [0.29, 0.717) is 6.54 Å². The van der Waals surface area contributed by atoms with Crippen LogP contribution in [0.3, 0.4) is 0 Å². The zero-order chi connectivity index (χ0) is 9.97. The summed E-state index contributed by atoms with van der Waals surface area (Å²) in [6.45, 7) is 1.21. The van der Waals surface area contributed by atoms with Crippen molar-refractivity contribution in [3.63, 3.8) is 0 Å². The largest absolute Gasteiger partial charge is 0.337 e. The summed E-state index contributed by atoms with van der Waals surface area (Å²) in [5, 5.41) is 0. The first-order valence-corrected chi connectivity index (χ1v) is 4.46. The molecule has 0 aliphatic rings. The van der Waals surface area contributed by atoms with Gasteiger partial charge in [0.05, 0.1) is 18.6 Å². The van der Waals surface area contributed by atoms with Gasteiger partial charge in [-0.25, -0.2) is 9.97 Å². The third kappa shape index (κ3) is 1.67. The number of nitrogens with zero attached hydrogens (tertiary/aromatic N) is 4. The molecule has 0 saturated heterocycles. The predicted molar refractivity (Wildman–Crippen MR) is 52.4 cm³/mol. The second-order valence-corrected chi connectivity index (χ2v) is 3.20. The topological polar surface area (TPSA) is 61.7 Å². The lowest BCUT2D eigenvalue weighted by Gasteiger charge is -2.01. The fraction of sp³-hybridized carbons (Fsp3) is 0.333. The van der Waals surface area contributed by atoms with Gasteiger partial charge in [0.15, 0.2) is 0 Å². The fourth-order valence-corrected chi connectivity index (χ4v) is 1.31. The van der Waals surface area contributed by atoms with Gasteiger partial charge < -0.3 is 14.9 Å². The molecule has 0 fully saturated rings. The maximum atomic E-state index is 5.47. The van der Waals surface area contributed by atoms with Gasteiger partial charge in [0.1, 0.15) is 5.82 Å². The molecule has 0 aliphatic heterocycles. The van der Waals surface area contributed by atoms with Crippen molar-refractivity contribution in [2.24, 2.45) is 12.8 Å². The van der Waals surface area contributed by atoms with Gasteiger partial charge in [-0.2, -0.15) is 0 Å². The molecule has 0 saturated carbocycles. The van der Waals surface area contributed by atoms with Crippen LogP contribution in [0.5, 0.6) is 0 Å². The van der Waals surface area contributed by atoms with Crippen molar-refractivity contribution in [1.29, 1.82) is 0 Å². The molecule has 2 rings (SSSR count). The quantitative estimate of drug-likeness (QED) is 0.749. The molecule has 2 heterocycles. The Kier molecular flexibility index (Phi) is 2.32. The highest BCUT2D eigenvalue weighted by Crippen LogP contribution is 2.00. The van der Waals surface area contributed by atoms with Gasteiger partial charge >= 0.3 is 0 Å². The molecule has 14 heavy (non-hydrogen) atoms. The maximum absolute atomic E-state index is 5.47. The standard InChI is InChI=1S/C9H13N5/c1-13-3-2-11-9(13)6-14-5-8(4-10)12-7-14/h2-3,5,7H,4,6,10H2,1H3. The molecular weight excluding hydrogens is 178 g/mol. The second kappa shape index (κ2) is 3.63. The van der Waals surface area contributed by atoms with Crippen molar-refractivity contribution in [3.05, 3.63) is 36.4 Å². The number of imidazole rings is 2. The van der Waals surface area contributed by atoms with Crippen LogP contribution in [0.4, 0.5) is 0 Å². The average Bonchev–Trinajstić information content (AvgIpc) is 2.77. The van der Waals surface area contributed by atoms with Gasteiger partial charge in [0.2, 0.25) is 0 Å². The summed E-state index contributed by atoms with van der Waals surface area (Å²) < 4.78 is 3.96. The SMILES string of the molecule is Cn1ccnc1Cn1cnc(CN)c1. The average molecular weight is 191 g/mol. The van der Waals surface area contributed by atoms with E-state index in [1.54, 1.807) is 12.5 Å². The number of hydrogen-bond acceptors (Lipinski definition) is 3. The maximum Gasteiger partial charge on any atom is 0.128 e. The van der Waals surface area contributed by atoms with Crippen LogP contribution in [0.2, 0.25) is 0 Å². The molecular formula is C9H13N5. The van der Waals surface area contributed by atoms with Crippen LogP contribution in [-0.2, 0) is 20.1 Å². The molecule has 0 spiro atoms. The Bertz CT molecular complexity index is 414. The third-order valence-electron chi connectivity index (χ3n) is 2.14. The Hall–Kier alpha value is -1.62. The number of hydrogen-bond donors (Lipinski definition) is 1. The summed E-state index contributed by atoms with van der Waals surface area (Å²) in [5.74, 6) is 1.01. The third-order valence-corrected chi connectivity index (χ3v) is 2.14. The monoisotopic (exact) mass is 191 g/mol. The van der Waals surface area contributed by atoms with Crippen molar-refractivity contribution < 1.29 is 0 Å². The van der Waals surface area contributed by atoms with Crippen LogP contribution in [0.25, 0.3) is 0 Å². The van der Waals surface area contributed by atoms with Crippen LogP contribution in [0.15, 0.2) is 24.9 Å². The van der Waals surface area contributed by atoms with Gasteiger partial charge in [-0.3, -0.25) is 0 Å². The van der Waals surface area contributed by atoms with Crippen molar-refractivity contribution >= 4 is 0 Å². The van der Waals surface area contributed by atoms with Crippen LogP contribution < -0.4 is 5.73 Å². The lowest BCUT2D eigenvalue weighted by molar-refractivity contribution is 0.698. The first-order chi connectivity index (χ1) is 6.79. The summed E-state index contributed by atoms with van der Waals surface area (Å²) in [5.41, 5.74) is 6.37. The van der Waals surface area contributed by atoms with Gasteiger partial charge in [-0.1, -0.05) is 0 Å². The zero-order valence-electron chi connectivity index (χ0n) is 8.09. The molecule has 0 radical (unpaired) electrons. The van der Waals surface area contributed by atoms with Crippen LogP contribution >= 0.6 is 0 Å². The molecule has 0 bridgehead atoms. The second-order valence-electron chi connectivity index (χ2n) is 3.20. The van der Waals surface area contributed by atoms with Gasteiger partial charge in [-0.15, -0.1) is 0 Å². The van der Waals surface area contributed by atoms with Crippen molar-refractivity contribution in [3.8, 4) is 0 Å². The van der Waals surface area contributed by atoms with E-state index in [2.05, 4.69) is 9.97 Å². The molecule has 2 aromatic heterocycles. The fourth-order valence-electron chi connectivity index (χ4n) is 1.31. The molecule has 0 amide bonds. The number of aryl methyl sites for hydroxylation is 1. The van der Waals surface area contributed by atoms with E-state index in [4.69, 9.17) is 5.73 Å². The summed E-state index contributed by atoms with van der Waals surface area (Å²) in [6, 6.07) is 0. The van der Waals surface area contributed by atoms with Crippen molar-refractivity contribution in [2.45, 2.75) is 13.1 Å². The highest BCUT2D eigenvalue weighted by Gasteiger charge is 2.01. The molecule has 0 unspecified atom stereocenters. The first-order valence-electron chi connectivity index (χ1n) is 4.46. The summed E-state index contributed by atoms with van der Waals surface area (Å²) in [6.07, 6.45) is 7.43. The van der Waals surface area contributed by atoms with Gasteiger partial charge in [-0.05, 0) is 0 Å². The minimum Gasteiger partial charge on any atom is -0.337 e. The van der Waals surface area contributed by atoms with Crippen molar-refractivity contribution in [2.75, 3.05) is 0 Å². The Morgan fingerprint density at radius 2 is 2.29 bits per heavy atom. The van der Waals surface area contributed by atoms with E-state index in [9.17, 15) is 0 Å². The normalized spacial score (nSPS) is 10.7. The molecule has 0 atom stereocenters. The minimum atomic E-state index is 0.480. The molecule has 74 valence electrons. The summed E-state index contributed by atoms with van der Waals surface area (Å²) in [7, 11) is 1.98. The highest BCUT2D eigenvalue weighted by atomic mass is 15.1. The predicted octanol–water partition coefficient (Wildman–Crippen LogP) is 0.124. The molecule has 2 N–H and O–H groups in total. The van der Waals surface area contributed by atoms with Crippen LogP contribution in [0, 0.1) is 0 Å². The molecule has 5 heteroatoms. The zero-order valence-corrected chi connectivity index (χ0v) is 8.09. The van der Waals surface area contributed by atoms with E-state index in [0.717, 1.165) is 18.1 Å². The Labute approximate surface area is 82.2 Å². The minimum absolute atomic E-state index is 0.480. The smallest absolute Gasteiger partial charge is 0.128 e. The lowest BCUT2D eigenvalue weighted by atomic mass is 10.5. The Morgan fingerprint density at radius 3 is 2.86 bits per heavy atom.